The molecule has 3 N–H and O–H groups in total. The van der Waals surface area contributed by atoms with Crippen LogP contribution in [-0.2, 0) is 31.7 Å². The quantitative estimate of drug-likeness (QED) is 0.150. The summed E-state index contributed by atoms with van der Waals surface area (Å²) < 4.78 is 43.3. The number of rotatable bonds is 9. The van der Waals surface area contributed by atoms with Gasteiger partial charge in [-0.3, -0.25) is 9.71 Å². The van der Waals surface area contributed by atoms with E-state index in [1.54, 1.807) is 42.6 Å². The average Bonchev–Trinajstić information content (AvgIpc) is 3.13. The normalized spacial score (nSPS) is 22.7. The number of anilines is 1. The van der Waals surface area contributed by atoms with Gasteiger partial charge in [-0.2, -0.15) is 0 Å². The number of hydrogen-bond acceptors (Lipinski definition) is 8. The molecule has 0 amide bonds. The number of nitrogens with zero attached hydrogens (tertiary/aromatic N) is 2. The van der Waals surface area contributed by atoms with Gasteiger partial charge in [-0.1, -0.05) is 85.3 Å². The maximum atomic E-state index is 13.6. The van der Waals surface area contributed by atoms with E-state index >= 15 is 0 Å². The Morgan fingerprint density at radius 3 is 2.38 bits per heavy atom. The van der Waals surface area contributed by atoms with Crippen molar-refractivity contribution in [2.45, 2.75) is 55.4 Å². The minimum atomic E-state index is -3.97. The van der Waals surface area contributed by atoms with E-state index in [2.05, 4.69) is 21.5 Å². The van der Waals surface area contributed by atoms with Crippen molar-refractivity contribution < 1.29 is 28.1 Å². The molecule has 50 heavy (non-hydrogen) atoms. The Morgan fingerprint density at radius 2 is 1.64 bits per heavy atom. The molecule has 2 saturated heterocycles. The van der Waals surface area contributed by atoms with E-state index in [9.17, 15) is 18.6 Å². The Labute approximate surface area is 297 Å². The molecule has 0 spiro atoms. The highest BCUT2D eigenvalue weighted by molar-refractivity contribution is 7.93. The highest BCUT2D eigenvalue weighted by Gasteiger charge is 2.41. The molecule has 5 aromatic rings. The molecule has 0 radical (unpaired) electrons. The van der Waals surface area contributed by atoms with Crippen LogP contribution in [0.15, 0.2) is 114 Å². The van der Waals surface area contributed by atoms with Gasteiger partial charge in [-0.15, -0.1) is 0 Å². The molecular formula is C39H40ClN3O6S. The number of sulfonamides is 1. The summed E-state index contributed by atoms with van der Waals surface area (Å²) in [7, 11) is -3.97. The predicted molar refractivity (Wildman–Crippen MR) is 193 cm³/mol. The Morgan fingerprint density at radius 1 is 0.920 bits per heavy atom. The van der Waals surface area contributed by atoms with Crippen molar-refractivity contribution in [3.05, 3.63) is 137 Å². The van der Waals surface area contributed by atoms with Crippen LogP contribution in [0, 0.1) is 5.92 Å². The molecule has 0 saturated carbocycles. The Balaban J connectivity index is 1.12. The van der Waals surface area contributed by atoms with E-state index in [4.69, 9.17) is 21.1 Å². The van der Waals surface area contributed by atoms with E-state index < -0.39 is 21.9 Å². The molecule has 11 heteroatoms. The molecule has 3 heterocycles. The van der Waals surface area contributed by atoms with Gasteiger partial charge in [0.2, 0.25) is 0 Å². The average molecular weight is 714 g/mol. The van der Waals surface area contributed by atoms with Crippen LogP contribution in [0.4, 0.5) is 5.69 Å². The summed E-state index contributed by atoms with van der Waals surface area (Å²) in [6.45, 7) is 4.07. The Hall–Kier alpha value is -3.87. The van der Waals surface area contributed by atoms with Gasteiger partial charge in [0.15, 0.2) is 6.29 Å². The molecule has 1 unspecified atom stereocenters. The lowest BCUT2D eigenvalue weighted by molar-refractivity contribution is -0.277. The maximum absolute atomic E-state index is 13.6. The monoisotopic (exact) mass is 713 g/mol. The second-order valence-corrected chi connectivity index (χ2v) is 15.3. The number of para-hydroxylation sites is 1. The van der Waals surface area contributed by atoms with Gasteiger partial charge >= 0.3 is 0 Å². The van der Waals surface area contributed by atoms with E-state index in [-0.39, 0.29) is 29.6 Å². The van der Waals surface area contributed by atoms with Gasteiger partial charge in [0.25, 0.3) is 10.0 Å². The maximum Gasteiger partial charge on any atom is 0.264 e. The number of halogens is 1. The van der Waals surface area contributed by atoms with Crippen LogP contribution in [0.1, 0.15) is 54.4 Å². The van der Waals surface area contributed by atoms with Gasteiger partial charge in [0, 0.05) is 53.4 Å². The van der Waals surface area contributed by atoms with Crippen molar-refractivity contribution >= 4 is 38.2 Å². The number of aromatic nitrogens is 1. The van der Waals surface area contributed by atoms with Crippen molar-refractivity contribution in [2.75, 3.05) is 24.4 Å². The number of aliphatic hydroxyl groups excluding tert-OH is 1. The van der Waals surface area contributed by atoms with E-state index in [1.165, 1.54) is 0 Å². The summed E-state index contributed by atoms with van der Waals surface area (Å²) in [5, 5.41) is 22.5. The number of nitrogens with one attached hydrogen (secondary N) is 1. The lowest BCUT2D eigenvalue weighted by atomic mass is 9.84. The zero-order valence-electron chi connectivity index (χ0n) is 27.7. The molecule has 2 fully saturated rings. The molecule has 2 aliphatic rings. The highest BCUT2D eigenvalue weighted by atomic mass is 35.5. The summed E-state index contributed by atoms with van der Waals surface area (Å²) >= 11 is 6.09. The highest BCUT2D eigenvalue weighted by Crippen LogP contribution is 2.43. The van der Waals surface area contributed by atoms with E-state index in [0.29, 0.717) is 54.3 Å². The zero-order valence-corrected chi connectivity index (χ0v) is 29.2. The number of benzene rings is 4. The van der Waals surface area contributed by atoms with Gasteiger partial charge in [0.1, 0.15) is 4.90 Å². The third-order valence-corrected chi connectivity index (χ3v) is 11.6. The van der Waals surface area contributed by atoms with Crippen molar-refractivity contribution in [1.29, 1.82) is 0 Å². The van der Waals surface area contributed by atoms with Crippen molar-refractivity contribution in [3.63, 3.8) is 0 Å². The molecule has 260 valence electrons. The minimum absolute atomic E-state index is 0.0381. The van der Waals surface area contributed by atoms with Gasteiger partial charge < -0.3 is 24.6 Å². The first kappa shape index (κ1) is 34.6. The van der Waals surface area contributed by atoms with Crippen molar-refractivity contribution in [2.24, 2.45) is 5.92 Å². The third-order valence-electron chi connectivity index (χ3n) is 9.92. The minimum Gasteiger partial charge on any atom is -0.392 e. The number of ether oxygens (including phenoxy) is 2. The summed E-state index contributed by atoms with van der Waals surface area (Å²) in [5.74, 6) is -0.0381. The lowest BCUT2D eigenvalue weighted by Gasteiger charge is -2.45. The van der Waals surface area contributed by atoms with E-state index in [1.807, 2.05) is 66.7 Å². The Kier molecular flexibility index (Phi) is 9.96. The van der Waals surface area contributed by atoms with Crippen LogP contribution in [0.3, 0.4) is 0 Å². The standard InChI is InChI=1S/C39H40ClN3O6S/c1-26-34(24-43-21-18-39(45,19-22-43)31-14-16-32(40)17-15-31)48-38(49-37(26)29-12-10-27(25-44)11-13-29)30-6-2-8-33(23-30)42-50(46,47)35-9-3-5-28-7-4-20-41-36(28)35/h2-17,20,23,26,34,37-38,42,44-45H,18-19,21-22,24-25H2,1H3/t26-,34+,37+,38?/m0/s1. The molecule has 1 aromatic heterocycles. The first-order valence-corrected chi connectivity index (χ1v) is 18.7. The smallest absolute Gasteiger partial charge is 0.264 e. The van der Waals surface area contributed by atoms with Crippen LogP contribution in [0.25, 0.3) is 10.9 Å². The number of hydrogen-bond donors (Lipinski definition) is 3. The van der Waals surface area contributed by atoms with Gasteiger partial charge in [-0.05, 0) is 65.9 Å². The molecule has 2 aliphatic heterocycles. The number of piperidine rings is 1. The molecule has 0 aliphatic carbocycles. The van der Waals surface area contributed by atoms with Crippen LogP contribution in [-0.4, -0.2) is 54.3 Å². The fraction of sp³-hybridized carbons (Fsp3) is 0.308. The van der Waals surface area contributed by atoms with Crippen LogP contribution in [0.5, 0.6) is 0 Å². The van der Waals surface area contributed by atoms with E-state index in [0.717, 1.165) is 22.1 Å². The fourth-order valence-corrected chi connectivity index (χ4v) is 8.34. The molecule has 9 nitrogen and oxygen atoms in total. The van der Waals surface area contributed by atoms with Crippen LogP contribution in [0.2, 0.25) is 5.02 Å². The molecule has 0 bridgehead atoms. The first-order chi connectivity index (χ1) is 24.1. The molecule has 7 rings (SSSR count). The topological polar surface area (TPSA) is 121 Å². The third kappa shape index (κ3) is 7.29. The van der Waals surface area contributed by atoms with Gasteiger partial charge in [-0.25, -0.2) is 8.42 Å². The zero-order chi connectivity index (χ0) is 34.9. The number of likely N-dealkylation sites (tertiary alicyclic amines) is 1. The summed E-state index contributed by atoms with van der Waals surface area (Å²) in [5.41, 5.74) is 3.17. The van der Waals surface area contributed by atoms with Crippen LogP contribution >= 0.6 is 11.6 Å². The molecule has 4 atom stereocenters. The van der Waals surface area contributed by atoms with Crippen LogP contribution < -0.4 is 4.72 Å². The SMILES string of the molecule is C[C@H]1[C@@H](CN2CCC(O)(c3ccc(Cl)cc3)CC2)OC(c2cccc(NS(=O)(=O)c3cccc4cccnc34)c2)O[C@H]1c1ccc(CO)cc1. The summed E-state index contributed by atoms with van der Waals surface area (Å²) in [6, 6.07) is 30.9. The second-order valence-electron chi connectivity index (χ2n) is 13.2. The fourth-order valence-electron chi connectivity index (χ4n) is 6.99. The number of aliphatic hydroxyl groups is 2. The summed E-state index contributed by atoms with van der Waals surface area (Å²) in [4.78, 5) is 6.74. The number of fused-ring (bicyclic) bond motifs is 1. The molecule has 4 aromatic carbocycles. The predicted octanol–water partition coefficient (Wildman–Crippen LogP) is 6.96. The number of pyridine rings is 1. The lowest BCUT2D eigenvalue weighted by Crippen LogP contribution is -2.49. The summed E-state index contributed by atoms with van der Waals surface area (Å²) in [6.07, 6.45) is 1.39. The first-order valence-electron chi connectivity index (χ1n) is 16.8. The Bertz CT molecular complexity index is 2050. The second kappa shape index (κ2) is 14.4. The molecular weight excluding hydrogens is 674 g/mol. The van der Waals surface area contributed by atoms with Crippen molar-refractivity contribution in [1.82, 2.24) is 9.88 Å². The van der Waals surface area contributed by atoms with Gasteiger partial charge in [0.05, 0.1) is 29.9 Å². The largest absolute Gasteiger partial charge is 0.392 e. The van der Waals surface area contributed by atoms with Crippen molar-refractivity contribution in [3.8, 4) is 0 Å².